The Morgan fingerprint density at radius 1 is 1.04 bits per heavy atom. The Labute approximate surface area is 152 Å². The number of amides is 2. The van der Waals surface area contributed by atoms with Gasteiger partial charge < -0.3 is 15.4 Å². The maximum Gasteiger partial charge on any atom is 0.251 e. The monoisotopic (exact) mass is 358 g/mol. The number of ether oxygens (including phenoxy) is 1. The number of benzene rings is 2. The van der Waals surface area contributed by atoms with Crippen LogP contribution in [-0.4, -0.2) is 31.7 Å². The first-order chi connectivity index (χ1) is 12.1. The Balaban J connectivity index is 1.70. The normalized spacial score (nSPS) is 10.2. The van der Waals surface area contributed by atoms with E-state index in [4.69, 9.17) is 4.74 Å². The standard InChI is InChI=1S/C19H22N2O3S/c1-20-19(23)15-5-3-14(4-6-15)13-21-18(22)11-12-25-17-9-7-16(24-2)8-10-17/h3-10H,11-13H2,1-2H3,(H,20,23)(H,21,22). The molecule has 25 heavy (non-hydrogen) atoms. The fraction of sp³-hybridized carbons (Fsp3) is 0.263. The SMILES string of the molecule is CNC(=O)c1ccc(CNC(=O)CCSc2ccc(OC)cc2)cc1. The molecule has 0 aromatic heterocycles. The van der Waals surface area contributed by atoms with Gasteiger partial charge in [0.05, 0.1) is 7.11 Å². The van der Waals surface area contributed by atoms with Crippen LogP contribution in [0.4, 0.5) is 0 Å². The predicted octanol–water partition coefficient (Wildman–Crippen LogP) is 2.85. The Bertz CT molecular complexity index is 700. The molecule has 0 radical (unpaired) electrons. The van der Waals surface area contributed by atoms with Gasteiger partial charge in [-0.25, -0.2) is 0 Å². The van der Waals surface area contributed by atoms with Gasteiger partial charge in [0.2, 0.25) is 5.91 Å². The summed E-state index contributed by atoms with van der Waals surface area (Å²) >= 11 is 1.64. The van der Waals surface area contributed by atoms with Gasteiger partial charge in [0.1, 0.15) is 5.75 Å². The number of carbonyl (C=O) groups is 2. The molecule has 0 heterocycles. The molecule has 6 heteroatoms. The summed E-state index contributed by atoms with van der Waals surface area (Å²) in [5, 5.41) is 5.47. The molecule has 0 atom stereocenters. The minimum atomic E-state index is -0.119. The molecule has 0 aliphatic heterocycles. The summed E-state index contributed by atoms with van der Waals surface area (Å²) in [5.41, 5.74) is 1.57. The maximum atomic E-state index is 11.9. The van der Waals surface area contributed by atoms with Crippen LogP contribution < -0.4 is 15.4 Å². The number of thioether (sulfide) groups is 1. The highest BCUT2D eigenvalue weighted by Crippen LogP contribution is 2.21. The Hall–Kier alpha value is -2.47. The van der Waals surface area contributed by atoms with Crippen molar-refractivity contribution in [2.75, 3.05) is 19.9 Å². The van der Waals surface area contributed by atoms with Crippen molar-refractivity contribution in [1.29, 1.82) is 0 Å². The molecule has 0 aliphatic carbocycles. The van der Waals surface area contributed by atoms with E-state index in [1.807, 2.05) is 36.4 Å². The van der Waals surface area contributed by atoms with Crippen molar-refractivity contribution in [2.45, 2.75) is 17.9 Å². The van der Waals surface area contributed by atoms with Crippen LogP contribution in [0.25, 0.3) is 0 Å². The van der Waals surface area contributed by atoms with Crippen molar-refractivity contribution >= 4 is 23.6 Å². The highest BCUT2D eigenvalue weighted by molar-refractivity contribution is 7.99. The number of rotatable bonds is 8. The highest BCUT2D eigenvalue weighted by Gasteiger charge is 2.05. The lowest BCUT2D eigenvalue weighted by molar-refractivity contribution is -0.120. The summed E-state index contributed by atoms with van der Waals surface area (Å²) < 4.78 is 5.12. The van der Waals surface area contributed by atoms with Crippen molar-refractivity contribution < 1.29 is 14.3 Å². The molecule has 0 saturated carbocycles. The third-order valence-electron chi connectivity index (χ3n) is 3.59. The highest BCUT2D eigenvalue weighted by atomic mass is 32.2. The van der Waals surface area contributed by atoms with Crippen LogP contribution in [0.3, 0.4) is 0 Å². The summed E-state index contributed by atoms with van der Waals surface area (Å²) in [6.07, 6.45) is 0.451. The van der Waals surface area contributed by atoms with E-state index in [0.29, 0.717) is 24.3 Å². The van der Waals surface area contributed by atoms with E-state index in [-0.39, 0.29) is 11.8 Å². The first-order valence-electron chi connectivity index (χ1n) is 7.97. The predicted molar refractivity (Wildman–Crippen MR) is 100 cm³/mol. The zero-order chi connectivity index (χ0) is 18.1. The second-order valence-electron chi connectivity index (χ2n) is 5.33. The fourth-order valence-electron chi connectivity index (χ4n) is 2.14. The third-order valence-corrected chi connectivity index (χ3v) is 4.60. The average molecular weight is 358 g/mol. The van der Waals surface area contributed by atoms with Gasteiger partial charge in [0.15, 0.2) is 0 Å². The molecule has 0 bridgehead atoms. The van der Waals surface area contributed by atoms with E-state index < -0.39 is 0 Å². The van der Waals surface area contributed by atoms with Crippen molar-refractivity contribution in [3.8, 4) is 5.75 Å². The van der Waals surface area contributed by atoms with Crippen LogP contribution in [0.5, 0.6) is 5.75 Å². The zero-order valence-electron chi connectivity index (χ0n) is 14.4. The number of nitrogens with one attached hydrogen (secondary N) is 2. The molecule has 5 nitrogen and oxygen atoms in total. The van der Waals surface area contributed by atoms with Crippen molar-refractivity contribution in [3.63, 3.8) is 0 Å². The molecule has 0 unspecified atom stereocenters. The van der Waals surface area contributed by atoms with Crippen molar-refractivity contribution in [3.05, 3.63) is 59.7 Å². The Morgan fingerprint density at radius 3 is 2.32 bits per heavy atom. The fourth-order valence-corrected chi connectivity index (χ4v) is 2.99. The van der Waals surface area contributed by atoms with Crippen LogP contribution >= 0.6 is 11.8 Å². The van der Waals surface area contributed by atoms with Crippen LogP contribution in [0, 0.1) is 0 Å². The molecule has 2 N–H and O–H groups in total. The lowest BCUT2D eigenvalue weighted by Gasteiger charge is -2.07. The quantitative estimate of drug-likeness (QED) is 0.712. The molecule has 0 fully saturated rings. The molecular formula is C19H22N2O3S. The molecular weight excluding hydrogens is 336 g/mol. The molecule has 0 saturated heterocycles. The molecule has 2 aromatic rings. The van der Waals surface area contributed by atoms with E-state index in [1.165, 1.54) is 0 Å². The lowest BCUT2D eigenvalue weighted by atomic mass is 10.1. The topological polar surface area (TPSA) is 67.4 Å². The molecule has 0 spiro atoms. The van der Waals surface area contributed by atoms with E-state index in [1.54, 1.807) is 38.1 Å². The minimum Gasteiger partial charge on any atom is -0.497 e. The second-order valence-corrected chi connectivity index (χ2v) is 6.50. The number of carbonyl (C=O) groups excluding carboxylic acids is 2. The van der Waals surface area contributed by atoms with Gasteiger partial charge in [-0.2, -0.15) is 0 Å². The maximum absolute atomic E-state index is 11.9. The van der Waals surface area contributed by atoms with E-state index in [9.17, 15) is 9.59 Å². The molecule has 0 aliphatic rings. The summed E-state index contributed by atoms with van der Waals surface area (Å²) in [7, 11) is 3.24. The van der Waals surface area contributed by atoms with Gasteiger partial charge in [-0.3, -0.25) is 9.59 Å². The molecule has 2 amide bonds. The first kappa shape index (κ1) is 18.9. The van der Waals surface area contributed by atoms with E-state index >= 15 is 0 Å². The number of methoxy groups -OCH3 is 1. The smallest absolute Gasteiger partial charge is 0.251 e. The number of hydrogen-bond donors (Lipinski definition) is 2. The summed E-state index contributed by atoms with van der Waals surface area (Å²) in [6.45, 7) is 0.458. The van der Waals surface area contributed by atoms with Gasteiger partial charge in [-0.15, -0.1) is 11.8 Å². The molecule has 132 valence electrons. The molecule has 2 aromatic carbocycles. The van der Waals surface area contributed by atoms with Crippen LogP contribution in [0.2, 0.25) is 0 Å². The number of hydrogen-bond acceptors (Lipinski definition) is 4. The average Bonchev–Trinajstić information content (AvgIpc) is 2.66. The summed E-state index contributed by atoms with van der Waals surface area (Å²) in [4.78, 5) is 24.5. The zero-order valence-corrected chi connectivity index (χ0v) is 15.2. The van der Waals surface area contributed by atoms with E-state index in [0.717, 1.165) is 16.2 Å². The van der Waals surface area contributed by atoms with Crippen molar-refractivity contribution in [1.82, 2.24) is 10.6 Å². The van der Waals surface area contributed by atoms with Gasteiger partial charge in [0, 0.05) is 36.2 Å². The van der Waals surface area contributed by atoms with Crippen LogP contribution in [0.15, 0.2) is 53.4 Å². The van der Waals surface area contributed by atoms with Gasteiger partial charge in [-0.1, -0.05) is 12.1 Å². The third kappa shape index (κ3) is 6.15. The Kier molecular flexibility index (Phi) is 7.35. The Morgan fingerprint density at radius 2 is 1.72 bits per heavy atom. The lowest BCUT2D eigenvalue weighted by Crippen LogP contribution is -2.23. The second kappa shape index (κ2) is 9.74. The minimum absolute atomic E-state index is 0.0105. The largest absolute Gasteiger partial charge is 0.497 e. The van der Waals surface area contributed by atoms with Crippen LogP contribution in [-0.2, 0) is 11.3 Å². The van der Waals surface area contributed by atoms with E-state index in [2.05, 4.69) is 10.6 Å². The van der Waals surface area contributed by atoms with Gasteiger partial charge in [0.25, 0.3) is 5.91 Å². The van der Waals surface area contributed by atoms with Gasteiger partial charge >= 0.3 is 0 Å². The van der Waals surface area contributed by atoms with Crippen molar-refractivity contribution in [2.24, 2.45) is 0 Å². The van der Waals surface area contributed by atoms with Crippen LogP contribution in [0.1, 0.15) is 22.3 Å². The summed E-state index contributed by atoms with van der Waals surface area (Å²) in [5.74, 6) is 1.43. The first-order valence-corrected chi connectivity index (χ1v) is 8.95. The molecule has 2 rings (SSSR count). The van der Waals surface area contributed by atoms with Gasteiger partial charge in [-0.05, 0) is 42.0 Å². The summed E-state index contributed by atoms with van der Waals surface area (Å²) in [6, 6.07) is 15.0.